The first-order valence-corrected chi connectivity index (χ1v) is 10.0. The topological polar surface area (TPSA) is 46.2 Å². The van der Waals surface area contributed by atoms with Crippen LogP contribution in [0.4, 0.5) is 4.39 Å². The van der Waals surface area contributed by atoms with E-state index in [-0.39, 0.29) is 17.7 Å². The molecule has 4 heterocycles. The minimum Gasteiger partial charge on any atom is -0.465 e. The Labute approximate surface area is 159 Å². The van der Waals surface area contributed by atoms with Gasteiger partial charge in [-0.25, -0.2) is 14.2 Å². The Bertz CT molecular complexity index is 711. The number of halogens is 1. The van der Waals surface area contributed by atoms with E-state index in [9.17, 15) is 4.39 Å². The first-order chi connectivity index (χ1) is 12.9. The molecular weight excluding hydrogens is 351 g/mol. The van der Waals surface area contributed by atoms with Crippen molar-refractivity contribution in [2.45, 2.75) is 70.4 Å². The molecule has 27 heavy (non-hydrogen) atoms. The lowest BCUT2D eigenvalue weighted by Crippen LogP contribution is -2.70. The normalized spacial score (nSPS) is 48.6. The highest BCUT2D eigenvalue weighted by molar-refractivity contribution is 5.22. The van der Waals surface area contributed by atoms with E-state index in [1.807, 2.05) is 6.92 Å². The molecule has 1 saturated carbocycles. The third kappa shape index (κ3) is 2.64. The van der Waals surface area contributed by atoms with E-state index < -0.39 is 24.0 Å². The van der Waals surface area contributed by atoms with E-state index in [4.69, 9.17) is 24.0 Å². The van der Waals surface area contributed by atoms with E-state index in [2.05, 4.69) is 13.8 Å². The van der Waals surface area contributed by atoms with Crippen molar-refractivity contribution in [3.63, 3.8) is 0 Å². The lowest BCUT2D eigenvalue weighted by atomic mass is 9.58. The van der Waals surface area contributed by atoms with Gasteiger partial charge in [-0.1, -0.05) is 13.8 Å². The van der Waals surface area contributed by atoms with E-state index in [0.717, 1.165) is 25.7 Å². The fourth-order valence-electron chi connectivity index (χ4n) is 5.65. The smallest absolute Gasteiger partial charge is 0.205 e. The van der Waals surface area contributed by atoms with Crippen molar-refractivity contribution >= 4 is 0 Å². The van der Waals surface area contributed by atoms with E-state index in [1.165, 1.54) is 12.1 Å². The van der Waals surface area contributed by atoms with Gasteiger partial charge in [-0.2, -0.15) is 0 Å². The molecule has 1 aromatic rings. The standard InChI is InChI=1S/C21H27FO5/c1-12-4-9-17-13(2)18(23-15-7-5-14(22)6-8-15)24-19-21(17)16(12)10-11-20(3,25-19)26-27-21/h5-8,12-13,16-19H,4,9-11H2,1-3H3/t12-,13-,16+,17+,18+,19-,20?,21-/m1/s1. The Morgan fingerprint density at radius 1 is 1.04 bits per heavy atom. The van der Waals surface area contributed by atoms with Crippen molar-refractivity contribution in [2.75, 3.05) is 0 Å². The summed E-state index contributed by atoms with van der Waals surface area (Å²) in [6.45, 7) is 6.34. The van der Waals surface area contributed by atoms with Crippen molar-refractivity contribution < 1.29 is 28.4 Å². The second-order valence-corrected chi connectivity index (χ2v) is 8.85. The van der Waals surface area contributed by atoms with E-state index >= 15 is 0 Å². The zero-order chi connectivity index (χ0) is 18.8. The van der Waals surface area contributed by atoms with Crippen LogP contribution in [0.15, 0.2) is 24.3 Å². The molecule has 0 aromatic heterocycles. The summed E-state index contributed by atoms with van der Waals surface area (Å²) in [4.78, 5) is 11.9. The Kier molecular flexibility index (Phi) is 4.06. The van der Waals surface area contributed by atoms with Crippen molar-refractivity contribution in [2.24, 2.45) is 23.7 Å². The Morgan fingerprint density at radius 3 is 2.59 bits per heavy atom. The highest BCUT2D eigenvalue weighted by Gasteiger charge is 2.69. The van der Waals surface area contributed by atoms with Crippen molar-refractivity contribution in [3.05, 3.63) is 30.1 Å². The summed E-state index contributed by atoms with van der Waals surface area (Å²) >= 11 is 0. The number of ether oxygens (including phenoxy) is 3. The Hall–Kier alpha value is -1.21. The van der Waals surface area contributed by atoms with Gasteiger partial charge >= 0.3 is 0 Å². The molecule has 4 saturated heterocycles. The van der Waals surface area contributed by atoms with Crippen molar-refractivity contribution in [3.8, 4) is 5.75 Å². The molecule has 1 unspecified atom stereocenters. The van der Waals surface area contributed by atoms with Gasteiger partial charge in [0.1, 0.15) is 11.6 Å². The van der Waals surface area contributed by atoms with Gasteiger partial charge in [0.25, 0.3) is 0 Å². The predicted molar refractivity (Wildman–Crippen MR) is 93.9 cm³/mol. The van der Waals surface area contributed by atoms with E-state index in [1.54, 1.807) is 12.1 Å². The predicted octanol–water partition coefficient (Wildman–Crippen LogP) is 4.41. The van der Waals surface area contributed by atoms with Crippen LogP contribution in [0, 0.1) is 29.5 Å². The van der Waals surface area contributed by atoms with Crippen LogP contribution in [0.25, 0.3) is 0 Å². The summed E-state index contributed by atoms with van der Waals surface area (Å²) in [5.74, 6) is 0.680. The summed E-state index contributed by atoms with van der Waals surface area (Å²) < 4.78 is 32.0. The van der Waals surface area contributed by atoms with Gasteiger partial charge in [-0.05, 0) is 62.3 Å². The van der Waals surface area contributed by atoms with Crippen LogP contribution in [0.5, 0.6) is 5.75 Å². The van der Waals surface area contributed by atoms with Crippen LogP contribution in [-0.4, -0.2) is 24.0 Å². The molecule has 2 bridgehead atoms. The lowest BCUT2D eigenvalue weighted by molar-refractivity contribution is -0.575. The highest BCUT2D eigenvalue weighted by Crippen LogP contribution is 2.60. The maximum absolute atomic E-state index is 13.2. The van der Waals surface area contributed by atoms with Crippen molar-refractivity contribution in [1.82, 2.24) is 0 Å². The number of fused-ring (bicyclic) bond motifs is 2. The molecule has 0 radical (unpaired) electrons. The minimum atomic E-state index is -0.793. The van der Waals surface area contributed by atoms with Gasteiger partial charge in [-0.15, -0.1) is 0 Å². The number of benzene rings is 1. The largest absolute Gasteiger partial charge is 0.465 e. The number of rotatable bonds is 2. The summed E-state index contributed by atoms with van der Waals surface area (Å²) in [6.07, 6.45) is 2.95. The molecule has 5 nitrogen and oxygen atoms in total. The monoisotopic (exact) mass is 378 g/mol. The summed E-state index contributed by atoms with van der Waals surface area (Å²) in [6, 6.07) is 6.04. The average molecular weight is 378 g/mol. The van der Waals surface area contributed by atoms with Crippen LogP contribution in [0.2, 0.25) is 0 Å². The first kappa shape index (κ1) is 17.9. The first-order valence-electron chi connectivity index (χ1n) is 10.0. The summed E-state index contributed by atoms with van der Waals surface area (Å²) in [7, 11) is 0. The van der Waals surface area contributed by atoms with Gasteiger partial charge in [0, 0.05) is 18.3 Å². The van der Waals surface area contributed by atoms with E-state index in [0.29, 0.717) is 17.6 Å². The highest BCUT2D eigenvalue weighted by atomic mass is 19.1. The maximum atomic E-state index is 13.2. The summed E-state index contributed by atoms with van der Waals surface area (Å²) in [5, 5.41) is 0. The molecule has 0 amide bonds. The SMILES string of the molecule is C[C@H]1[C@@H](Oc2ccc(F)cc2)O[C@@H]2OC3(C)CC[C@H]4[C@H](C)CC[C@@H]1[C@@]24OO3. The molecule has 4 aliphatic heterocycles. The van der Waals surface area contributed by atoms with Gasteiger partial charge in [-0.3, -0.25) is 0 Å². The zero-order valence-electron chi connectivity index (χ0n) is 16.0. The molecule has 1 spiro atoms. The fraction of sp³-hybridized carbons (Fsp3) is 0.714. The number of hydrogen-bond acceptors (Lipinski definition) is 5. The van der Waals surface area contributed by atoms with Crippen LogP contribution in [0.3, 0.4) is 0 Å². The van der Waals surface area contributed by atoms with Gasteiger partial charge in [0.2, 0.25) is 12.1 Å². The quantitative estimate of drug-likeness (QED) is 0.713. The minimum absolute atomic E-state index is 0.0935. The molecule has 148 valence electrons. The number of hydrogen-bond donors (Lipinski definition) is 0. The lowest BCUT2D eigenvalue weighted by Gasteiger charge is -2.60. The summed E-state index contributed by atoms with van der Waals surface area (Å²) in [5.41, 5.74) is -0.588. The third-order valence-electron chi connectivity index (χ3n) is 7.16. The average Bonchev–Trinajstić information content (AvgIpc) is 2.87. The van der Waals surface area contributed by atoms with Gasteiger partial charge in [0.15, 0.2) is 11.9 Å². The molecule has 0 N–H and O–H groups in total. The van der Waals surface area contributed by atoms with Crippen molar-refractivity contribution in [1.29, 1.82) is 0 Å². The molecular formula is C21H27FO5. The fourth-order valence-corrected chi connectivity index (χ4v) is 5.65. The molecule has 6 heteroatoms. The zero-order valence-corrected chi connectivity index (χ0v) is 16.0. The van der Waals surface area contributed by atoms with Gasteiger partial charge < -0.3 is 14.2 Å². The van der Waals surface area contributed by atoms with Crippen LogP contribution >= 0.6 is 0 Å². The maximum Gasteiger partial charge on any atom is 0.205 e. The van der Waals surface area contributed by atoms with Gasteiger partial charge in [0.05, 0.1) is 0 Å². The van der Waals surface area contributed by atoms with Crippen LogP contribution in [0.1, 0.15) is 46.5 Å². The molecule has 8 atom stereocenters. The third-order valence-corrected chi connectivity index (χ3v) is 7.16. The second kappa shape index (κ2) is 6.14. The molecule has 1 aliphatic carbocycles. The molecule has 1 aromatic carbocycles. The molecule has 5 fully saturated rings. The molecule has 5 aliphatic rings. The Balaban J connectivity index is 1.48. The molecule has 6 rings (SSSR count). The van der Waals surface area contributed by atoms with Crippen LogP contribution < -0.4 is 4.74 Å². The second-order valence-electron chi connectivity index (χ2n) is 8.85. The van der Waals surface area contributed by atoms with Crippen LogP contribution in [-0.2, 0) is 19.2 Å². The Morgan fingerprint density at radius 2 is 1.81 bits per heavy atom.